The van der Waals surface area contributed by atoms with Gasteiger partial charge in [-0.25, -0.2) is 15.0 Å². The maximum absolute atomic E-state index is 6.58. The second-order valence-corrected chi connectivity index (χ2v) is 13.5. The number of para-hydroxylation sites is 1. The Balaban J connectivity index is 1.32. The molecule has 0 amide bonds. The van der Waals surface area contributed by atoms with E-state index in [-0.39, 0.29) is 0 Å². The van der Waals surface area contributed by atoms with E-state index >= 15 is 0 Å². The van der Waals surface area contributed by atoms with Crippen molar-refractivity contribution in [3.05, 3.63) is 163 Å². The predicted octanol–water partition coefficient (Wildman–Crippen LogP) is 12.0. The molecule has 10 aromatic rings. The molecule has 52 heavy (non-hydrogen) atoms. The third-order valence-corrected chi connectivity index (χ3v) is 10.5. The average Bonchev–Trinajstić information content (AvgIpc) is 3.75. The van der Waals surface area contributed by atoms with Gasteiger partial charge in [0.15, 0.2) is 17.5 Å². The summed E-state index contributed by atoms with van der Waals surface area (Å²) >= 11 is 0. The summed E-state index contributed by atoms with van der Waals surface area (Å²) in [4.78, 5) is 15.5. The quantitative estimate of drug-likeness (QED) is 0.188. The molecule has 5 heteroatoms. The van der Waals surface area contributed by atoms with Crippen molar-refractivity contribution in [1.29, 1.82) is 0 Å². The Morgan fingerprint density at radius 3 is 1.96 bits per heavy atom. The van der Waals surface area contributed by atoms with Gasteiger partial charge in [-0.3, -0.25) is 0 Å². The van der Waals surface area contributed by atoms with Gasteiger partial charge in [0.1, 0.15) is 11.2 Å². The summed E-state index contributed by atoms with van der Waals surface area (Å²) in [7, 11) is 0. The highest BCUT2D eigenvalue weighted by molar-refractivity contribution is 6.20. The maximum atomic E-state index is 6.58. The fourth-order valence-corrected chi connectivity index (χ4v) is 8.09. The molecular weight excluding hydrogens is 637 g/mol. The highest BCUT2D eigenvalue weighted by Gasteiger charge is 2.26. The molecule has 0 unspecified atom stereocenters. The van der Waals surface area contributed by atoms with E-state index in [0.29, 0.717) is 17.5 Å². The van der Waals surface area contributed by atoms with Crippen LogP contribution in [0.5, 0.6) is 0 Å². The third kappa shape index (κ3) is 4.39. The van der Waals surface area contributed by atoms with E-state index in [2.05, 4.69) is 114 Å². The van der Waals surface area contributed by atoms with Crippen LogP contribution in [-0.4, -0.2) is 19.5 Å². The molecule has 1 aliphatic carbocycles. The van der Waals surface area contributed by atoms with Crippen LogP contribution in [0.2, 0.25) is 0 Å². The van der Waals surface area contributed by atoms with Crippen LogP contribution >= 0.6 is 0 Å². The molecule has 0 radical (unpaired) electrons. The van der Waals surface area contributed by atoms with Crippen molar-refractivity contribution in [3.8, 4) is 39.9 Å². The Bertz CT molecular complexity index is 3010. The zero-order valence-corrected chi connectivity index (χ0v) is 28.1. The van der Waals surface area contributed by atoms with Crippen LogP contribution in [0.3, 0.4) is 0 Å². The first-order valence-corrected chi connectivity index (χ1v) is 17.8. The lowest BCUT2D eigenvalue weighted by molar-refractivity contribution is 0.669. The molecule has 7 aromatic carbocycles. The van der Waals surface area contributed by atoms with Gasteiger partial charge in [0, 0.05) is 32.8 Å². The van der Waals surface area contributed by atoms with E-state index in [1.165, 1.54) is 32.7 Å². The minimum absolute atomic E-state index is 0.600. The summed E-state index contributed by atoms with van der Waals surface area (Å²) in [6.45, 7) is 0. The van der Waals surface area contributed by atoms with Crippen LogP contribution in [0.1, 0.15) is 17.5 Å². The molecule has 0 atom stereocenters. The van der Waals surface area contributed by atoms with Crippen molar-refractivity contribution >= 4 is 60.6 Å². The predicted molar refractivity (Wildman–Crippen MR) is 213 cm³/mol. The largest absolute Gasteiger partial charge is 0.456 e. The molecule has 1 aliphatic rings. The van der Waals surface area contributed by atoms with Crippen molar-refractivity contribution in [2.45, 2.75) is 12.8 Å². The Labute approximate surface area is 299 Å². The minimum atomic E-state index is 0.600. The van der Waals surface area contributed by atoms with Crippen molar-refractivity contribution in [2.24, 2.45) is 0 Å². The van der Waals surface area contributed by atoms with Crippen LogP contribution in [-0.2, 0) is 6.42 Å². The normalized spacial score (nSPS) is 12.8. The smallest absolute Gasteiger partial charge is 0.166 e. The lowest BCUT2D eigenvalue weighted by Gasteiger charge is -2.17. The number of fused-ring (bicyclic) bond motifs is 9. The van der Waals surface area contributed by atoms with E-state index in [4.69, 9.17) is 19.4 Å². The Morgan fingerprint density at radius 2 is 1.19 bits per heavy atom. The molecule has 0 saturated heterocycles. The summed E-state index contributed by atoms with van der Waals surface area (Å²) in [5.41, 5.74) is 10.3. The highest BCUT2D eigenvalue weighted by atomic mass is 16.3. The molecule has 0 N–H and O–H groups in total. The number of rotatable bonds is 4. The van der Waals surface area contributed by atoms with E-state index in [9.17, 15) is 0 Å². The number of aryl methyl sites for hydroxylation is 1. The highest BCUT2D eigenvalue weighted by Crippen LogP contribution is 2.45. The van der Waals surface area contributed by atoms with E-state index in [1.807, 2.05) is 48.5 Å². The van der Waals surface area contributed by atoms with E-state index in [0.717, 1.165) is 68.2 Å². The molecule has 0 spiro atoms. The van der Waals surface area contributed by atoms with Gasteiger partial charge in [0.2, 0.25) is 0 Å². The van der Waals surface area contributed by atoms with Crippen molar-refractivity contribution < 1.29 is 4.42 Å². The van der Waals surface area contributed by atoms with Crippen molar-refractivity contribution in [1.82, 2.24) is 19.5 Å². The lowest BCUT2D eigenvalue weighted by atomic mass is 9.93. The fraction of sp³-hybridized carbons (Fsp3) is 0.0426. The first-order chi connectivity index (χ1) is 25.8. The molecule has 3 aromatic heterocycles. The Morgan fingerprint density at radius 1 is 0.519 bits per heavy atom. The number of nitrogens with zero attached hydrogens (tertiary/aromatic N) is 4. The van der Waals surface area contributed by atoms with E-state index in [1.54, 1.807) is 0 Å². The third-order valence-electron chi connectivity index (χ3n) is 10.5. The van der Waals surface area contributed by atoms with Gasteiger partial charge >= 0.3 is 0 Å². The summed E-state index contributed by atoms with van der Waals surface area (Å²) in [5, 5.41) is 6.96. The van der Waals surface area contributed by atoms with Gasteiger partial charge in [0.25, 0.3) is 0 Å². The second-order valence-electron chi connectivity index (χ2n) is 13.5. The summed E-state index contributed by atoms with van der Waals surface area (Å²) in [6, 6.07) is 50.8. The first-order valence-electron chi connectivity index (χ1n) is 17.8. The molecule has 5 nitrogen and oxygen atoms in total. The SMILES string of the molecule is C1=Cc2c(ccc3c2c2cc4ccccc4cc2n3-c2c(-c3nc(-c4ccccc4)nc(-c4ccccc4)n3)ccc3oc4ccccc4c23)CC1. The van der Waals surface area contributed by atoms with Gasteiger partial charge in [-0.05, 0) is 71.1 Å². The summed E-state index contributed by atoms with van der Waals surface area (Å²) in [5.74, 6) is 1.85. The number of hydrogen-bond acceptors (Lipinski definition) is 4. The second kappa shape index (κ2) is 11.3. The standard InChI is InChI=1S/C47H30N4O/c1-3-14-30(15-4-1)45-48-46(31-16-5-2-6-17-31)50-47(49-45)36-24-26-41-43(35-21-11-12-22-40(35)52-41)44(36)51-38-25-23-29-13-9-10-20-34(29)42(38)37-27-32-18-7-8-19-33(32)28-39(37)51/h1-8,10-12,14-28H,9,13H2. The zero-order valence-electron chi connectivity index (χ0n) is 28.1. The molecule has 0 fully saturated rings. The summed E-state index contributed by atoms with van der Waals surface area (Å²) < 4.78 is 9.01. The molecule has 0 bridgehead atoms. The minimum Gasteiger partial charge on any atom is -0.456 e. The molecule has 0 saturated carbocycles. The molecule has 11 rings (SSSR count). The van der Waals surface area contributed by atoms with Crippen LogP contribution in [0.4, 0.5) is 0 Å². The van der Waals surface area contributed by atoms with Gasteiger partial charge in [-0.2, -0.15) is 0 Å². The number of benzene rings is 7. The lowest BCUT2D eigenvalue weighted by Crippen LogP contribution is -2.04. The number of furan rings is 1. The molecule has 244 valence electrons. The van der Waals surface area contributed by atoms with Gasteiger partial charge in [-0.15, -0.1) is 0 Å². The first kappa shape index (κ1) is 28.9. The van der Waals surface area contributed by atoms with Crippen LogP contribution in [0, 0.1) is 0 Å². The molecule has 0 aliphatic heterocycles. The van der Waals surface area contributed by atoms with Crippen LogP contribution < -0.4 is 0 Å². The Kier molecular flexibility index (Phi) is 6.31. The average molecular weight is 667 g/mol. The number of allylic oxidation sites excluding steroid dienone is 1. The topological polar surface area (TPSA) is 56.7 Å². The van der Waals surface area contributed by atoms with Crippen molar-refractivity contribution in [3.63, 3.8) is 0 Å². The summed E-state index contributed by atoms with van der Waals surface area (Å²) in [6.07, 6.45) is 6.71. The monoisotopic (exact) mass is 666 g/mol. The maximum Gasteiger partial charge on any atom is 0.166 e. The number of hydrogen-bond donors (Lipinski definition) is 0. The fourth-order valence-electron chi connectivity index (χ4n) is 8.09. The number of aromatic nitrogens is 4. The van der Waals surface area contributed by atoms with Gasteiger partial charge < -0.3 is 8.98 Å². The van der Waals surface area contributed by atoms with Gasteiger partial charge in [0.05, 0.1) is 22.1 Å². The van der Waals surface area contributed by atoms with E-state index < -0.39 is 0 Å². The van der Waals surface area contributed by atoms with Crippen LogP contribution in [0.25, 0.3) is 100 Å². The van der Waals surface area contributed by atoms with Crippen LogP contribution in [0.15, 0.2) is 156 Å². The van der Waals surface area contributed by atoms with Crippen molar-refractivity contribution in [2.75, 3.05) is 0 Å². The molecule has 3 heterocycles. The zero-order chi connectivity index (χ0) is 34.2. The van der Waals surface area contributed by atoms with Gasteiger partial charge in [-0.1, -0.05) is 121 Å². The molecular formula is C47H30N4O. The Hall–Kier alpha value is -6.85.